The number of carbonyl (C=O) groups excluding carboxylic acids is 4. The van der Waals surface area contributed by atoms with E-state index in [4.69, 9.17) is 4.74 Å². The van der Waals surface area contributed by atoms with Crippen molar-refractivity contribution in [2.24, 2.45) is 0 Å². The van der Waals surface area contributed by atoms with Crippen LogP contribution in [-0.2, 0) is 25.5 Å². The van der Waals surface area contributed by atoms with Gasteiger partial charge >= 0.3 is 6.09 Å². The number of ether oxygens (including phenoxy) is 1. The Morgan fingerprint density at radius 2 is 1.76 bits per heavy atom. The summed E-state index contributed by atoms with van der Waals surface area (Å²) in [4.78, 5) is 55.0. The molecule has 0 aliphatic carbocycles. The number of nitrogens with one attached hydrogen (secondary N) is 2. The van der Waals surface area contributed by atoms with Crippen molar-refractivity contribution in [2.75, 3.05) is 57.7 Å². The minimum Gasteiger partial charge on any atom is -0.450 e. The van der Waals surface area contributed by atoms with E-state index in [9.17, 15) is 19.2 Å². The maximum absolute atomic E-state index is 13.0. The molecule has 0 radical (unpaired) electrons. The number of hydrogen-bond donors (Lipinski definition) is 2. The maximum Gasteiger partial charge on any atom is 0.409 e. The first-order chi connectivity index (χ1) is 15.9. The highest BCUT2D eigenvalue weighted by Gasteiger charge is 2.35. The van der Waals surface area contributed by atoms with Crippen LogP contribution in [0.15, 0.2) is 24.3 Å². The summed E-state index contributed by atoms with van der Waals surface area (Å²) in [5.41, 5.74) is 1.82. The van der Waals surface area contributed by atoms with E-state index in [1.165, 1.54) is 10.5 Å². The highest BCUT2D eigenvalue weighted by atomic mass is 16.6. The van der Waals surface area contributed by atoms with Crippen molar-refractivity contribution >= 4 is 29.5 Å². The number of amides is 4. The van der Waals surface area contributed by atoms with Crippen molar-refractivity contribution in [3.63, 3.8) is 0 Å². The third-order valence-corrected chi connectivity index (χ3v) is 5.93. The molecule has 3 rings (SSSR count). The topological polar surface area (TPSA) is 111 Å². The zero-order valence-corrected chi connectivity index (χ0v) is 19.3. The van der Waals surface area contributed by atoms with Gasteiger partial charge in [0.25, 0.3) is 0 Å². The first-order valence-corrected chi connectivity index (χ1v) is 11.5. The van der Waals surface area contributed by atoms with Crippen molar-refractivity contribution < 1.29 is 23.9 Å². The monoisotopic (exact) mass is 459 g/mol. The van der Waals surface area contributed by atoms with Gasteiger partial charge in [-0.25, -0.2) is 4.79 Å². The summed E-state index contributed by atoms with van der Waals surface area (Å²) < 4.78 is 5.02. The third kappa shape index (κ3) is 6.67. The lowest BCUT2D eigenvalue weighted by molar-refractivity contribution is -0.145. The normalized spacial score (nSPS) is 19.1. The molecule has 2 saturated heterocycles. The van der Waals surface area contributed by atoms with Crippen LogP contribution < -0.4 is 10.6 Å². The van der Waals surface area contributed by atoms with Crippen LogP contribution in [0.2, 0.25) is 0 Å². The fourth-order valence-corrected chi connectivity index (χ4v) is 4.01. The molecule has 0 saturated carbocycles. The molecule has 33 heavy (non-hydrogen) atoms. The fraction of sp³-hybridized carbons (Fsp3) is 0.565. The quantitative estimate of drug-likeness (QED) is 0.620. The number of rotatable bonds is 7. The molecule has 1 aromatic rings. The molecule has 1 unspecified atom stereocenters. The standard InChI is InChI=1S/C23H33N5O5/c1-3-17-5-7-18(8-6-17)25-20(29)15-19-22(31)24-9-10-28(19)21(30)16-26-11-13-27(14-12-26)23(32)33-4-2/h5-8,19H,3-4,9-16H2,1-2H3,(H,24,31)(H,25,29). The molecule has 0 spiro atoms. The van der Waals surface area contributed by atoms with Gasteiger partial charge in [-0.3, -0.25) is 19.3 Å². The van der Waals surface area contributed by atoms with E-state index in [0.29, 0.717) is 51.6 Å². The molecule has 2 heterocycles. The molecular formula is C23H33N5O5. The number of anilines is 1. The van der Waals surface area contributed by atoms with Gasteiger partial charge in [0.15, 0.2) is 0 Å². The molecule has 2 fully saturated rings. The van der Waals surface area contributed by atoms with Crippen molar-refractivity contribution in [1.82, 2.24) is 20.0 Å². The van der Waals surface area contributed by atoms with Gasteiger partial charge in [-0.15, -0.1) is 0 Å². The van der Waals surface area contributed by atoms with Gasteiger partial charge in [-0.05, 0) is 31.0 Å². The van der Waals surface area contributed by atoms with E-state index in [1.54, 1.807) is 11.8 Å². The van der Waals surface area contributed by atoms with Crippen LogP contribution >= 0.6 is 0 Å². The van der Waals surface area contributed by atoms with Crippen LogP contribution in [0, 0.1) is 0 Å². The summed E-state index contributed by atoms with van der Waals surface area (Å²) in [6, 6.07) is 6.70. The first kappa shape index (κ1) is 24.5. The summed E-state index contributed by atoms with van der Waals surface area (Å²) in [5.74, 6) is -0.833. The van der Waals surface area contributed by atoms with Crippen molar-refractivity contribution in [3.05, 3.63) is 29.8 Å². The Labute approximate surface area is 194 Å². The summed E-state index contributed by atoms with van der Waals surface area (Å²) in [6.45, 7) is 7.06. The molecule has 10 nitrogen and oxygen atoms in total. The largest absolute Gasteiger partial charge is 0.450 e. The Kier molecular flexibility index (Phi) is 8.65. The molecule has 1 atom stereocenters. The van der Waals surface area contributed by atoms with Crippen LogP contribution in [0.4, 0.5) is 10.5 Å². The van der Waals surface area contributed by atoms with Gasteiger partial charge in [0, 0.05) is 45.0 Å². The summed E-state index contributed by atoms with van der Waals surface area (Å²) in [5, 5.41) is 5.56. The van der Waals surface area contributed by atoms with Crippen LogP contribution in [-0.4, -0.2) is 97.0 Å². The Morgan fingerprint density at radius 3 is 2.39 bits per heavy atom. The first-order valence-electron chi connectivity index (χ1n) is 11.5. The lowest BCUT2D eigenvalue weighted by atomic mass is 10.1. The second-order valence-corrected chi connectivity index (χ2v) is 8.16. The van der Waals surface area contributed by atoms with Gasteiger partial charge in [-0.2, -0.15) is 0 Å². The molecule has 180 valence electrons. The van der Waals surface area contributed by atoms with Gasteiger partial charge < -0.3 is 25.2 Å². The molecule has 0 bridgehead atoms. The van der Waals surface area contributed by atoms with Gasteiger partial charge in [-0.1, -0.05) is 19.1 Å². The molecule has 2 N–H and O–H groups in total. The van der Waals surface area contributed by atoms with Crippen molar-refractivity contribution in [1.29, 1.82) is 0 Å². The Balaban J connectivity index is 1.54. The molecule has 0 aromatic heterocycles. The Bertz CT molecular complexity index is 851. The number of carbonyl (C=O) groups is 4. The lowest BCUT2D eigenvalue weighted by Crippen LogP contribution is -2.60. The number of aryl methyl sites for hydroxylation is 1. The third-order valence-electron chi connectivity index (χ3n) is 5.93. The second kappa shape index (κ2) is 11.6. The minimum absolute atomic E-state index is 0.107. The van der Waals surface area contributed by atoms with Crippen molar-refractivity contribution in [2.45, 2.75) is 32.7 Å². The van der Waals surface area contributed by atoms with E-state index in [1.807, 2.05) is 29.2 Å². The zero-order chi connectivity index (χ0) is 23.8. The molecule has 10 heteroatoms. The Hall–Kier alpha value is -3.14. The SMILES string of the molecule is CCOC(=O)N1CCN(CC(=O)N2CCNC(=O)C2CC(=O)Nc2ccc(CC)cc2)CC1. The molecule has 2 aliphatic heterocycles. The van der Waals surface area contributed by atoms with E-state index in [2.05, 4.69) is 17.6 Å². The molecule has 2 aliphatic rings. The van der Waals surface area contributed by atoms with Crippen LogP contribution in [0.25, 0.3) is 0 Å². The number of piperazine rings is 2. The number of benzene rings is 1. The number of nitrogens with zero attached hydrogens (tertiary/aromatic N) is 3. The Morgan fingerprint density at radius 1 is 1.06 bits per heavy atom. The second-order valence-electron chi connectivity index (χ2n) is 8.16. The zero-order valence-electron chi connectivity index (χ0n) is 19.3. The summed E-state index contributed by atoms with van der Waals surface area (Å²) in [6.07, 6.45) is 0.460. The predicted octanol–water partition coefficient (Wildman–Crippen LogP) is 0.679. The molecule has 4 amide bonds. The summed E-state index contributed by atoms with van der Waals surface area (Å²) >= 11 is 0. The van der Waals surface area contributed by atoms with Crippen LogP contribution in [0.5, 0.6) is 0 Å². The average Bonchev–Trinajstić information content (AvgIpc) is 2.81. The van der Waals surface area contributed by atoms with E-state index in [-0.39, 0.29) is 36.8 Å². The van der Waals surface area contributed by atoms with Crippen LogP contribution in [0.1, 0.15) is 25.8 Å². The highest BCUT2D eigenvalue weighted by Crippen LogP contribution is 2.15. The fourth-order valence-electron chi connectivity index (χ4n) is 4.01. The highest BCUT2D eigenvalue weighted by molar-refractivity contribution is 5.97. The van der Waals surface area contributed by atoms with Gasteiger partial charge in [0.1, 0.15) is 6.04 Å². The minimum atomic E-state index is -0.845. The average molecular weight is 460 g/mol. The lowest BCUT2D eigenvalue weighted by Gasteiger charge is -2.38. The number of hydrogen-bond acceptors (Lipinski definition) is 6. The molecule has 1 aromatic carbocycles. The van der Waals surface area contributed by atoms with Gasteiger partial charge in [0.2, 0.25) is 17.7 Å². The predicted molar refractivity (Wildman–Crippen MR) is 123 cm³/mol. The summed E-state index contributed by atoms with van der Waals surface area (Å²) in [7, 11) is 0. The maximum atomic E-state index is 13.0. The molecular weight excluding hydrogens is 426 g/mol. The smallest absolute Gasteiger partial charge is 0.409 e. The van der Waals surface area contributed by atoms with E-state index >= 15 is 0 Å². The van der Waals surface area contributed by atoms with E-state index in [0.717, 1.165) is 6.42 Å². The van der Waals surface area contributed by atoms with E-state index < -0.39 is 6.04 Å². The van der Waals surface area contributed by atoms with Crippen LogP contribution in [0.3, 0.4) is 0 Å². The van der Waals surface area contributed by atoms with Crippen molar-refractivity contribution in [3.8, 4) is 0 Å². The van der Waals surface area contributed by atoms with Gasteiger partial charge in [0.05, 0.1) is 19.6 Å².